The molecule has 2 aromatic carbocycles. The van der Waals surface area contributed by atoms with E-state index in [0.29, 0.717) is 11.4 Å². The van der Waals surface area contributed by atoms with Gasteiger partial charge in [-0.25, -0.2) is 4.98 Å². The minimum Gasteiger partial charge on any atom is -0.294 e. The summed E-state index contributed by atoms with van der Waals surface area (Å²) in [7, 11) is 0. The predicted octanol–water partition coefficient (Wildman–Crippen LogP) is 3.27. The molecule has 1 heterocycles. The van der Waals surface area contributed by atoms with E-state index < -0.39 is 0 Å². The van der Waals surface area contributed by atoms with Crippen molar-refractivity contribution in [2.45, 2.75) is 13.3 Å². The van der Waals surface area contributed by atoms with Crippen molar-refractivity contribution < 1.29 is 0 Å². The highest BCUT2D eigenvalue weighted by atomic mass is 15.1. The smallest absolute Gasteiger partial charge is 0.128 e. The molecule has 0 N–H and O–H groups in total. The maximum atomic E-state index is 9.39. The van der Waals surface area contributed by atoms with E-state index in [2.05, 4.69) is 17.1 Å². The first kappa shape index (κ1) is 12.9. The highest BCUT2D eigenvalue weighted by Gasteiger charge is 2.14. The summed E-state index contributed by atoms with van der Waals surface area (Å²) in [5, 5.41) is 18.4. The van der Waals surface area contributed by atoms with Crippen LogP contribution in [-0.2, 0) is 6.42 Å². The van der Waals surface area contributed by atoms with Gasteiger partial charge in [-0.05, 0) is 36.8 Å². The van der Waals surface area contributed by atoms with Gasteiger partial charge in [0.25, 0.3) is 0 Å². The van der Waals surface area contributed by atoms with Crippen molar-refractivity contribution in [3.63, 3.8) is 0 Å². The molecule has 0 saturated carbocycles. The van der Waals surface area contributed by atoms with Crippen molar-refractivity contribution in [2.75, 3.05) is 0 Å². The van der Waals surface area contributed by atoms with E-state index in [4.69, 9.17) is 5.26 Å². The molecule has 0 aliphatic heterocycles. The van der Waals surface area contributed by atoms with Gasteiger partial charge >= 0.3 is 0 Å². The fourth-order valence-electron chi connectivity index (χ4n) is 2.47. The van der Waals surface area contributed by atoms with Gasteiger partial charge in [0, 0.05) is 0 Å². The molecule has 3 aromatic rings. The Morgan fingerprint density at radius 1 is 1.14 bits per heavy atom. The highest BCUT2D eigenvalue weighted by molar-refractivity contribution is 5.79. The molecule has 3 rings (SSSR count). The second-order valence-electron chi connectivity index (χ2n) is 4.82. The monoisotopic (exact) mass is 272 g/mol. The fraction of sp³-hybridized carbons (Fsp3) is 0.118. The summed E-state index contributed by atoms with van der Waals surface area (Å²) in [6.07, 6.45) is 0.202. The van der Waals surface area contributed by atoms with Crippen molar-refractivity contribution in [1.29, 1.82) is 10.5 Å². The second kappa shape index (κ2) is 5.11. The first-order chi connectivity index (χ1) is 10.2. The standard InChI is InChI=1S/C17H12N4/c1-12-6-7-15(13(10-12)11-19)21-16-5-3-2-4-14(16)20-17(21)8-9-18/h2-7,10H,8H2,1H3. The number of aromatic nitrogens is 2. The number of nitrogens with zero attached hydrogens (tertiary/aromatic N) is 4. The molecule has 1 aromatic heterocycles. The third-order valence-corrected chi connectivity index (χ3v) is 3.38. The zero-order valence-electron chi connectivity index (χ0n) is 11.5. The zero-order chi connectivity index (χ0) is 14.8. The summed E-state index contributed by atoms with van der Waals surface area (Å²) in [5.41, 5.74) is 4.11. The third-order valence-electron chi connectivity index (χ3n) is 3.38. The van der Waals surface area contributed by atoms with Crippen LogP contribution in [0.4, 0.5) is 0 Å². The van der Waals surface area contributed by atoms with E-state index in [0.717, 1.165) is 22.3 Å². The number of nitriles is 2. The number of fused-ring (bicyclic) bond motifs is 1. The first-order valence-electron chi connectivity index (χ1n) is 6.59. The lowest BCUT2D eigenvalue weighted by Crippen LogP contribution is -2.03. The Hall–Kier alpha value is -3.11. The Bertz CT molecular complexity index is 907. The van der Waals surface area contributed by atoms with Gasteiger partial charge in [0.05, 0.1) is 34.8 Å². The molecule has 0 unspecified atom stereocenters. The van der Waals surface area contributed by atoms with Gasteiger partial charge in [0.1, 0.15) is 11.9 Å². The van der Waals surface area contributed by atoms with Gasteiger partial charge < -0.3 is 0 Å². The Kier molecular flexibility index (Phi) is 3.14. The molecule has 100 valence electrons. The highest BCUT2D eigenvalue weighted by Crippen LogP contribution is 2.24. The zero-order valence-corrected chi connectivity index (χ0v) is 11.5. The van der Waals surface area contributed by atoms with Gasteiger partial charge in [-0.15, -0.1) is 0 Å². The molecule has 21 heavy (non-hydrogen) atoms. The summed E-state index contributed by atoms with van der Waals surface area (Å²) < 4.78 is 1.90. The number of rotatable bonds is 2. The van der Waals surface area contributed by atoms with Gasteiger partial charge in [-0.2, -0.15) is 10.5 Å². The average molecular weight is 272 g/mol. The molecule has 0 amide bonds. The van der Waals surface area contributed by atoms with Crippen molar-refractivity contribution >= 4 is 11.0 Å². The van der Waals surface area contributed by atoms with E-state index in [1.54, 1.807) is 0 Å². The average Bonchev–Trinajstić information content (AvgIpc) is 2.85. The Morgan fingerprint density at radius 3 is 2.71 bits per heavy atom. The summed E-state index contributed by atoms with van der Waals surface area (Å²) in [6.45, 7) is 1.95. The second-order valence-corrected chi connectivity index (χ2v) is 4.82. The lowest BCUT2D eigenvalue weighted by molar-refractivity contribution is 0.950. The SMILES string of the molecule is Cc1ccc(-n2c(CC#N)nc3ccccc32)c(C#N)c1. The summed E-state index contributed by atoms with van der Waals surface area (Å²) in [5.74, 6) is 0.652. The van der Waals surface area contributed by atoms with Crippen LogP contribution in [0.5, 0.6) is 0 Å². The topological polar surface area (TPSA) is 65.4 Å². The van der Waals surface area contributed by atoms with Crippen molar-refractivity contribution in [1.82, 2.24) is 9.55 Å². The van der Waals surface area contributed by atoms with Crippen LogP contribution in [0.3, 0.4) is 0 Å². The van der Waals surface area contributed by atoms with Crippen molar-refractivity contribution in [3.05, 3.63) is 59.4 Å². The van der Waals surface area contributed by atoms with Crippen LogP contribution in [0.15, 0.2) is 42.5 Å². The number of hydrogen-bond donors (Lipinski definition) is 0. The van der Waals surface area contributed by atoms with E-state index in [-0.39, 0.29) is 6.42 Å². The lowest BCUT2D eigenvalue weighted by atomic mass is 10.1. The van der Waals surface area contributed by atoms with Gasteiger partial charge in [-0.1, -0.05) is 18.2 Å². The molecule has 0 spiro atoms. The largest absolute Gasteiger partial charge is 0.294 e. The normalized spacial score (nSPS) is 10.2. The molecule has 0 aliphatic rings. The van der Waals surface area contributed by atoms with Crippen LogP contribution in [0, 0.1) is 29.6 Å². The molecule has 0 aliphatic carbocycles. The number of imidazole rings is 1. The molecule has 0 radical (unpaired) electrons. The third kappa shape index (κ3) is 2.13. The lowest BCUT2D eigenvalue weighted by Gasteiger charge is -2.10. The molecule has 0 bridgehead atoms. The Labute approximate surface area is 122 Å². The molecule has 0 atom stereocenters. The summed E-state index contributed by atoms with van der Waals surface area (Å²) in [6, 6.07) is 17.8. The Balaban J connectivity index is 2.37. The fourth-order valence-corrected chi connectivity index (χ4v) is 2.47. The van der Waals surface area contributed by atoms with Crippen LogP contribution in [0.2, 0.25) is 0 Å². The minimum atomic E-state index is 0.202. The van der Waals surface area contributed by atoms with E-state index in [1.165, 1.54) is 0 Å². The van der Waals surface area contributed by atoms with Crippen LogP contribution >= 0.6 is 0 Å². The van der Waals surface area contributed by atoms with Crippen LogP contribution in [-0.4, -0.2) is 9.55 Å². The first-order valence-corrected chi connectivity index (χ1v) is 6.59. The molecular weight excluding hydrogens is 260 g/mol. The molecule has 0 saturated heterocycles. The maximum absolute atomic E-state index is 9.39. The van der Waals surface area contributed by atoms with E-state index in [1.807, 2.05) is 54.0 Å². The molecule has 4 nitrogen and oxygen atoms in total. The number of para-hydroxylation sites is 2. The van der Waals surface area contributed by atoms with E-state index >= 15 is 0 Å². The van der Waals surface area contributed by atoms with Gasteiger partial charge in [0.2, 0.25) is 0 Å². The van der Waals surface area contributed by atoms with Gasteiger partial charge in [0.15, 0.2) is 0 Å². The van der Waals surface area contributed by atoms with E-state index in [9.17, 15) is 5.26 Å². The number of benzene rings is 2. The molecule has 0 fully saturated rings. The predicted molar refractivity (Wildman–Crippen MR) is 79.8 cm³/mol. The molecular formula is C17H12N4. The van der Waals surface area contributed by atoms with Gasteiger partial charge in [-0.3, -0.25) is 4.57 Å². The van der Waals surface area contributed by atoms with Crippen LogP contribution in [0.25, 0.3) is 16.7 Å². The number of hydrogen-bond acceptors (Lipinski definition) is 3. The van der Waals surface area contributed by atoms with Crippen LogP contribution < -0.4 is 0 Å². The summed E-state index contributed by atoms with van der Waals surface area (Å²) in [4.78, 5) is 4.51. The Morgan fingerprint density at radius 2 is 1.95 bits per heavy atom. The van der Waals surface area contributed by atoms with Crippen molar-refractivity contribution in [2.24, 2.45) is 0 Å². The van der Waals surface area contributed by atoms with Crippen LogP contribution in [0.1, 0.15) is 17.0 Å². The quantitative estimate of drug-likeness (QED) is 0.719. The van der Waals surface area contributed by atoms with Crippen molar-refractivity contribution in [3.8, 4) is 17.8 Å². The molecule has 4 heteroatoms. The minimum absolute atomic E-state index is 0.202. The number of aryl methyl sites for hydroxylation is 1. The maximum Gasteiger partial charge on any atom is 0.128 e. The summed E-state index contributed by atoms with van der Waals surface area (Å²) >= 11 is 0.